The van der Waals surface area contributed by atoms with E-state index in [9.17, 15) is 67.7 Å². The molecule has 7 rings (SSSR count). The summed E-state index contributed by atoms with van der Waals surface area (Å²) in [7, 11) is 0. The first kappa shape index (κ1) is 77.4. The second-order valence-corrected chi connectivity index (χ2v) is 29.0. The van der Waals surface area contributed by atoms with E-state index in [2.05, 4.69) is 91.6 Å². The Morgan fingerprint density at radius 1 is 0.473 bits per heavy atom. The van der Waals surface area contributed by atoms with Crippen molar-refractivity contribution in [2.75, 3.05) is 49.2 Å². The highest BCUT2D eigenvalue weighted by Gasteiger charge is 2.40. The van der Waals surface area contributed by atoms with E-state index in [-0.39, 0.29) is 65.9 Å². The van der Waals surface area contributed by atoms with E-state index in [1.807, 2.05) is 18.7 Å². The van der Waals surface area contributed by atoms with E-state index in [4.69, 9.17) is 9.47 Å². The molecule has 3 aromatic rings. The Hall–Kier alpha value is -6.28. The molecule has 0 aromatic carbocycles. The number of carbonyl (C=O) groups excluding carboxylic acids is 10. The SMILES string of the molecule is CCCCN(CCCC)c1nc(SC2CC(=O)OC2=O)nc(SC2CC(=O)OC2=O)n1.CCCCOC(=O)CC(Sc1nc(SC(CC(=O)O)C(=O)OCCCC)nc(N(CCCC)CCCC)n1)C(=O)O.O=C1CC(Sc2nnc(SC3CC(=O)OC3=O)s2)C(=O)O1. The molecule has 30 nitrogen and oxygen atoms in total. The van der Waals surface area contributed by atoms with Gasteiger partial charge in [-0.2, -0.15) is 29.9 Å². The Morgan fingerprint density at radius 2 is 0.817 bits per heavy atom. The standard InChI is InChI=1S/C27H44N4O8S2.C19H24N4O6S2.C10H6N2O6S3/c1-5-9-13-31(14-10-6-2)25-28-26(40-19(23(35)36)18-22(34)38-15-11-7-3)30-27(29-25)41-20(17-21(32)33)24(37)39-16-12-8-4;1-3-5-7-23(8-6-4-2)17-20-18(30-11-9-13(24)28-15(11)26)22-19(21-17)31-12-10-14(25)29-16(12)27;13-5-1-3(7(15)17-5)19-9-11-12-10(21-9)20-4-2-6(14)18-8(4)16/h19-20H,5-18H2,1-4H3,(H,32,33)(H,35,36);11-12H,3-10H2,1-2H3;3-4H,1-2H2. The zero-order chi connectivity index (χ0) is 68.0. The summed E-state index contributed by atoms with van der Waals surface area (Å²) < 4.78 is 29.5. The molecule has 6 unspecified atom stereocenters. The zero-order valence-electron chi connectivity index (χ0n) is 52.0. The van der Waals surface area contributed by atoms with Crippen molar-refractivity contribution in [2.45, 2.75) is 218 Å². The Morgan fingerprint density at radius 3 is 1.16 bits per heavy atom. The molecule has 4 saturated heterocycles. The van der Waals surface area contributed by atoms with Crippen LogP contribution in [0.3, 0.4) is 0 Å². The van der Waals surface area contributed by atoms with Crippen LogP contribution in [0, 0.1) is 0 Å². The number of carbonyl (C=O) groups is 12. The third kappa shape index (κ3) is 27.2. The number of unbranched alkanes of at least 4 members (excludes halogenated alkanes) is 6. The van der Waals surface area contributed by atoms with E-state index in [1.165, 1.54) is 11.3 Å². The largest absolute Gasteiger partial charge is 0.481 e. The number of carboxylic acids is 2. The first-order chi connectivity index (χ1) is 44.5. The molecular weight excluding hydrogens is 1360 g/mol. The highest BCUT2D eigenvalue weighted by Crippen LogP contribution is 2.39. The maximum Gasteiger partial charge on any atom is 0.327 e. The average molecular weight is 1430 g/mol. The number of aromatic nitrogens is 8. The van der Waals surface area contributed by atoms with Crippen LogP contribution in [0.4, 0.5) is 11.9 Å². The van der Waals surface area contributed by atoms with Crippen LogP contribution in [0.15, 0.2) is 29.3 Å². The van der Waals surface area contributed by atoms with Gasteiger partial charge in [-0.3, -0.25) is 57.5 Å². The van der Waals surface area contributed by atoms with Crippen molar-refractivity contribution in [1.29, 1.82) is 0 Å². The fraction of sp³-hybridized carbons (Fsp3) is 0.643. The van der Waals surface area contributed by atoms with Crippen molar-refractivity contribution < 1.29 is 96.2 Å². The molecule has 7 heterocycles. The number of rotatable bonds is 38. The molecule has 0 saturated carbocycles. The number of thioether (sulfide) groups is 6. The molecule has 0 radical (unpaired) electrons. The molecule has 3 aromatic heterocycles. The van der Waals surface area contributed by atoms with Gasteiger partial charge in [0.2, 0.25) is 11.9 Å². The number of carboxylic acid groups (broad SMARTS) is 2. The van der Waals surface area contributed by atoms with Gasteiger partial charge in [0.1, 0.15) is 31.5 Å². The highest BCUT2D eigenvalue weighted by atomic mass is 32.2. The topological polar surface area (TPSA) is 410 Å². The van der Waals surface area contributed by atoms with Gasteiger partial charge in [0.05, 0.1) is 51.7 Å². The second-order valence-electron chi connectivity index (χ2n) is 20.5. The minimum Gasteiger partial charge on any atom is -0.481 e. The molecule has 0 amide bonds. The molecular formula is C56H74N10O20S7. The summed E-state index contributed by atoms with van der Waals surface area (Å²) in [5.41, 5.74) is 0. The maximum absolute atomic E-state index is 12.7. The number of cyclic esters (lactones) is 8. The van der Waals surface area contributed by atoms with Crippen LogP contribution in [0.1, 0.15) is 157 Å². The van der Waals surface area contributed by atoms with Gasteiger partial charge in [-0.05, 0) is 38.5 Å². The van der Waals surface area contributed by atoms with E-state index in [1.54, 1.807) is 0 Å². The Balaban J connectivity index is 0.000000265. The molecule has 0 spiro atoms. The van der Waals surface area contributed by atoms with E-state index >= 15 is 0 Å². The van der Waals surface area contributed by atoms with Crippen molar-refractivity contribution in [1.82, 2.24) is 40.1 Å². The van der Waals surface area contributed by atoms with Crippen molar-refractivity contribution in [2.24, 2.45) is 0 Å². The lowest BCUT2D eigenvalue weighted by Crippen LogP contribution is -2.29. The summed E-state index contributed by atoms with van der Waals surface area (Å²) in [6, 6.07) is 0. The van der Waals surface area contributed by atoms with Gasteiger partial charge in [-0.1, -0.05) is 162 Å². The summed E-state index contributed by atoms with van der Waals surface area (Å²) >= 11 is 7.07. The first-order valence-electron chi connectivity index (χ1n) is 30.2. The summed E-state index contributed by atoms with van der Waals surface area (Å²) in [6.45, 7) is 15.4. The van der Waals surface area contributed by atoms with Crippen LogP contribution in [0.2, 0.25) is 0 Å². The number of anilines is 2. The van der Waals surface area contributed by atoms with E-state index in [0.29, 0.717) is 46.5 Å². The summed E-state index contributed by atoms with van der Waals surface area (Å²) in [4.78, 5) is 171. The third-order valence-corrected chi connectivity index (χ3v) is 20.4. The lowest BCUT2D eigenvalue weighted by Gasteiger charge is -2.23. The van der Waals surface area contributed by atoms with Gasteiger partial charge in [0, 0.05) is 26.2 Å². The van der Waals surface area contributed by atoms with E-state index < -0.39 is 110 Å². The molecule has 0 bridgehead atoms. The minimum absolute atomic E-state index is 0.00894. The molecule has 4 aliphatic heterocycles. The fourth-order valence-corrected chi connectivity index (χ4v) is 14.9. The van der Waals surface area contributed by atoms with Gasteiger partial charge in [-0.25, -0.2) is 0 Å². The van der Waals surface area contributed by atoms with Crippen LogP contribution in [0.25, 0.3) is 0 Å². The van der Waals surface area contributed by atoms with Crippen LogP contribution in [-0.4, -0.2) is 193 Å². The highest BCUT2D eigenvalue weighted by molar-refractivity contribution is 8.04. The molecule has 4 fully saturated rings. The quantitative estimate of drug-likeness (QED) is 0.0185. The van der Waals surface area contributed by atoms with Crippen LogP contribution >= 0.6 is 81.9 Å². The van der Waals surface area contributed by atoms with Crippen LogP contribution in [-0.2, 0) is 86.0 Å². The van der Waals surface area contributed by atoms with Crippen LogP contribution < -0.4 is 9.80 Å². The normalized spacial score (nSPS) is 18.1. The minimum atomic E-state index is -1.23. The number of hydrogen-bond acceptors (Lipinski definition) is 35. The molecule has 2 N–H and O–H groups in total. The molecule has 6 atom stereocenters. The second kappa shape index (κ2) is 40.9. The fourth-order valence-electron chi connectivity index (χ4n) is 7.85. The smallest absolute Gasteiger partial charge is 0.327 e. The van der Waals surface area contributed by atoms with Crippen molar-refractivity contribution in [3.8, 4) is 0 Å². The monoisotopic (exact) mass is 1430 g/mol. The van der Waals surface area contributed by atoms with Crippen molar-refractivity contribution >= 4 is 165 Å². The van der Waals surface area contributed by atoms with Crippen LogP contribution in [0.5, 0.6) is 0 Å². The number of nitrogens with zero attached hydrogens (tertiary/aromatic N) is 10. The predicted molar refractivity (Wildman–Crippen MR) is 341 cm³/mol. The van der Waals surface area contributed by atoms with Gasteiger partial charge in [0.15, 0.2) is 29.3 Å². The van der Waals surface area contributed by atoms with Crippen molar-refractivity contribution in [3.63, 3.8) is 0 Å². The molecule has 93 heavy (non-hydrogen) atoms. The summed E-state index contributed by atoms with van der Waals surface area (Å²) in [6.07, 6.45) is 9.51. The zero-order valence-corrected chi connectivity index (χ0v) is 57.7. The molecule has 0 aliphatic carbocycles. The molecule has 4 aliphatic rings. The first-order valence-corrected chi connectivity index (χ1v) is 36.2. The number of hydrogen-bond donors (Lipinski definition) is 2. The number of ether oxygens (including phenoxy) is 6. The summed E-state index contributed by atoms with van der Waals surface area (Å²) in [5.74, 6) is -7.65. The average Bonchev–Trinajstić information content (AvgIpc) is 1.81. The van der Waals surface area contributed by atoms with Gasteiger partial charge < -0.3 is 48.4 Å². The maximum atomic E-state index is 12.7. The third-order valence-electron chi connectivity index (χ3n) is 12.8. The van der Waals surface area contributed by atoms with Crippen molar-refractivity contribution in [3.05, 3.63) is 0 Å². The number of esters is 10. The molecule has 37 heteroatoms. The molecule has 510 valence electrons. The Bertz CT molecular complexity index is 2990. The predicted octanol–water partition coefficient (Wildman–Crippen LogP) is 7.39. The Kier molecular flexibility index (Phi) is 34.0. The number of aliphatic carboxylic acids is 2. The van der Waals surface area contributed by atoms with Gasteiger partial charge in [0.25, 0.3) is 0 Å². The lowest BCUT2D eigenvalue weighted by molar-refractivity contribution is -0.153. The Labute approximate surface area is 565 Å². The lowest BCUT2D eigenvalue weighted by atomic mass is 10.3. The summed E-state index contributed by atoms with van der Waals surface area (Å²) in [5, 5.41) is 22.7. The van der Waals surface area contributed by atoms with E-state index in [0.717, 1.165) is 148 Å². The van der Waals surface area contributed by atoms with Gasteiger partial charge >= 0.3 is 71.6 Å². The van der Waals surface area contributed by atoms with Gasteiger partial charge in [-0.15, -0.1) is 10.2 Å².